The number of nitrogens with one attached hydrogen (secondary N) is 1. The first-order chi connectivity index (χ1) is 31.7. The first kappa shape index (κ1) is 61.1. The standard InChI is InChI=1S/C60H103NO3/c1-3-5-7-9-11-13-15-17-19-21-23-25-27-29-30-32-34-36-38-40-42-44-46-48-50-52-54-56-60(64)61-58(57-62)59(63)55-53-51-49-47-45-43-41-39-37-35-33-31-28-26-24-22-20-18-16-14-12-10-8-6-4-2/h5,7,11,13,17,19,23,25,29-30,34,36-37,39,45,47,53,55,58-59,62-63H,3-4,6,8-10,12,14-16,18,20-22,24,26-28,31-33,35,38,40-44,46,48-52,54,56-57H2,1-2H3,(H,61,64)/b7-5-,13-11-,19-17-,25-23-,30-29-,36-34-,39-37+,47-45+,55-53+. The molecule has 0 saturated carbocycles. The van der Waals surface area contributed by atoms with Crippen LogP contribution in [0.5, 0.6) is 0 Å². The van der Waals surface area contributed by atoms with E-state index in [1.807, 2.05) is 6.08 Å². The molecule has 0 aromatic carbocycles. The summed E-state index contributed by atoms with van der Waals surface area (Å²) < 4.78 is 0. The van der Waals surface area contributed by atoms with Crippen molar-refractivity contribution in [3.8, 4) is 0 Å². The molecule has 2 atom stereocenters. The van der Waals surface area contributed by atoms with Crippen LogP contribution in [-0.4, -0.2) is 34.9 Å². The van der Waals surface area contributed by atoms with Crippen molar-refractivity contribution >= 4 is 5.91 Å². The highest BCUT2D eigenvalue weighted by molar-refractivity contribution is 5.76. The normalized spacial score (nSPS) is 13.8. The van der Waals surface area contributed by atoms with Crippen molar-refractivity contribution in [3.63, 3.8) is 0 Å². The molecule has 0 bridgehead atoms. The van der Waals surface area contributed by atoms with Gasteiger partial charge in [0.1, 0.15) is 0 Å². The maximum Gasteiger partial charge on any atom is 0.220 e. The van der Waals surface area contributed by atoms with Crippen molar-refractivity contribution in [1.29, 1.82) is 0 Å². The van der Waals surface area contributed by atoms with Crippen molar-refractivity contribution in [1.82, 2.24) is 5.32 Å². The van der Waals surface area contributed by atoms with E-state index in [4.69, 9.17) is 0 Å². The number of aliphatic hydroxyl groups excluding tert-OH is 2. The Hall–Kier alpha value is -2.95. The van der Waals surface area contributed by atoms with E-state index in [0.717, 1.165) is 89.9 Å². The number of carbonyl (C=O) groups excluding carboxylic acids is 1. The monoisotopic (exact) mass is 886 g/mol. The van der Waals surface area contributed by atoms with Crippen molar-refractivity contribution in [2.24, 2.45) is 0 Å². The van der Waals surface area contributed by atoms with Crippen LogP contribution >= 0.6 is 0 Å². The summed E-state index contributed by atoms with van der Waals surface area (Å²) >= 11 is 0. The van der Waals surface area contributed by atoms with Gasteiger partial charge in [-0.05, 0) is 96.3 Å². The molecule has 3 N–H and O–H groups in total. The van der Waals surface area contributed by atoms with Gasteiger partial charge in [0.2, 0.25) is 5.91 Å². The third-order valence-corrected chi connectivity index (χ3v) is 11.7. The molecule has 4 nitrogen and oxygen atoms in total. The van der Waals surface area contributed by atoms with Gasteiger partial charge in [0.25, 0.3) is 0 Å². The van der Waals surface area contributed by atoms with Gasteiger partial charge >= 0.3 is 0 Å². The van der Waals surface area contributed by atoms with Gasteiger partial charge < -0.3 is 15.5 Å². The van der Waals surface area contributed by atoms with Gasteiger partial charge in [-0.15, -0.1) is 0 Å². The molecule has 0 aromatic rings. The minimum absolute atomic E-state index is 0.0901. The Morgan fingerprint density at radius 1 is 0.391 bits per heavy atom. The molecule has 0 fully saturated rings. The molecule has 0 saturated heterocycles. The third-order valence-electron chi connectivity index (χ3n) is 11.7. The maximum absolute atomic E-state index is 12.5. The molecule has 0 radical (unpaired) electrons. The summed E-state index contributed by atoms with van der Waals surface area (Å²) in [6.07, 6.45) is 82.3. The Balaban J connectivity index is 3.65. The number of allylic oxidation sites excluding steroid dienone is 17. The first-order valence-electron chi connectivity index (χ1n) is 27.1. The average Bonchev–Trinajstić information content (AvgIpc) is 3.30. The first-order valence-corrected chi connectivity index (χ1v) is 27.1. The summed E-state index contributed by atoms with van der Waals surface area (Å²) in [6.45, 7) is 4.18. The Morgan fingerprint density at radius 2 is 0.703 bits per heavy atom. The summed E-state index contributed by atoms with van der Waals surface area (Å²) in [5.74, 6) is -0.0901. The molecule has 1 amide bonds. The summed E-state index contributed by atoms with van der Waals surface area (Å²) in [6, 6.07) is -0.659. The molecule has 0 rings (SSSR count). The van der Waals surface area contributed by atoms with Crippen molar-refractivity contribution in [2.45, 2.75) is 257 Å². The van der Waals surface area contributed by atoms with Crippen LogP contribution in [0.1, 0.15) is 245 Å². The van der Waals surface area contributed by atoms with Gasteiger partial charge in [-0.2, -0.15) is 0 Å². The number of unbranched alkanes of at least 4 members (excludes halogenated alkanes) is 25. The molecular weight excluding hydrogens is 783 g/mol. The predicted molar refractivity (Wildman–Crippen MR) is 285 cm³/mol. The van der Waals surface area contributed by atoms with Crippen LogP contribution in [0.25, 0.3) is 0 Å². The molecule has 64 heavy (non-hydrogen) atoms. The van der Waals surface area contributed by atoms with Gasteiger partial charge in [-0.1, -0.05) is 252 Å². The van der Waals surface area contributed by atoms with Crippen LogP contribution in [0.15, 0.2) is 109 Å². The van der Waals surface area contributed by atoms with E-state index in [1.54, 1.807) is 6.08 Å². The lowest BCUT2D eigenvalue weighted by Crippen LogP contribution is -2.45. The van der Waals surface area contributed by atoms with Gasteiger partial charge in [0, 0.05) is 6.42 Å². The van der Waals surface area contributed by atoms with Crippen LogP contribution in [0.4, 0.5) is 0 Å². The molecule has 0 spiro atoms. The predicted octanol–water partition coefficient (Wildman–Crippen LogP) is 17.9. The SMILES string of the molecule is CC/C=C\C/C=C\C/C=C\C/C=C\C/C=C\C/C=C\CCCCCCCCCCC(=O)NC(CO)C(O)/C=C/CC/C=C/CC/C=C/CCCCCCCCCCCCCCCCC. The lowest BCUT2D eigenvalue weighted by Gasteiger charge is -2.19. The topological polar surface area (TPSA) is 69.6 Å². The summed E-state index contributed by atoms with van der Waals surface area (Å²) in [5, 5.41) is 23.1. The molecule has 366 valence electrons. The number of aliphatic hydroxyl groups is 2. The van der Waals surface area contributed by atoms with Crippen LogP contribution in [0.3, 0.4) is 0 Å². The van der Waals surface area contributed by atoms with E-state index >= 15 is 0 Å². The van der Waals surface area contributed by atoms with Gasteiger partial charge in [-0.3, -0.25) is 4.79 Å². The summed E-state index contributed by atoms with van der Waals surface area (Å²) in [4.78, 5) is 12.5. The molecule has 0 aliphatic heterocycles. The fourth-order valence-corrected chi connectivity index (χ4v) is 7.63. The molecule has 0 aliphatic carbocycles. The van der Waals surface area contributed by atoms with Crippen LogP contribution in [0.2, 0.25) is 0 Å². The van der Waals surface area contributed by atoms with Crippen LogP contribution in [0, 0.1) is 0 Å². The van der Waals surface area contributed by atoms with Crippen molar-refractivity contribution in [3.05, 3.63) is 109 Å². The zero-order chi connectivity index (χ0) is 46.3. The highest BCUT2D eigenvalue weighted by Gasteiger charge is 2.17. The van der Waals surface area contributed by atoms with E-state index < -0.39 is 12.1 Å². The maximum atomic E-state index is 12.5. The highest BCUT2D eigenvalue weighted by Crippen LogP contribution is 2.15. The number of hydrogen-bond donors (Lipinski definition) is 3. The third kappa shape index (κ3) is 50.1. The smallest absolute Gasteiger partial charge is 0.220 e. The van der Waals surface area contributed by atoms with Gasteiger partial charge in [0.15, 0.2) is 0 Å². The lowest BCUT2D eigenvalue weighted by molar-refractivity contribution is -0.123. The Kier molecular flexibility index (Phi) is 51.9. The second kappa shape index (κ2) is 54.4. The summed E-state index contributed by atoms with van der Waals surface area (Å²) in [7, 11) is 0. The van der Waals surface area contributed by atoms with Crippen LogP contribution < -0.4 is 5.32 Å². The van der Waals surface area contributed by atoms with Crippen molar-refractivity contribution < 1.29 is 15.0 Å². The molecule has 0 aromatic heterocycles. The van der Waals surface area contributed by atoms with E-state index in [-0.39, 0.29) is 12.5 Å². The summed E-state index contributed by atoms with van der Waals surface area (Å²) in [5.41, 5.74) is 0. The fraction of sp³-hybridized carbons (Fsp3) is 0.683. The average molecular weight is 886 g/mol. The van der Waals surface area contributed by atoms with E-state index in [9.17, 15) is 15.0 Å². The number of hydrogen-bond acceptors (Lipinski definition) is 3. The highest BCUT2D eigenvalue weighted by atomic mass is 16.3. The zero-order valence-corrected chi connectivity index (χ0v) is 42.0. The second-order valence-corrected chi connectivity index (χ2v) is 17.9. The number of amides is 1. The van der Waals surface area contributed by atoms with Gasteiger partial charge in [-0.25, -0.2) is 0 Å². The number of carbonyl (C=O) groups is 1. The van der Waals surface area contributed by atoms with Crippen LogP contribution in [-0.2, 0) is 4.79 Å². The number of rotatable bonds is 48. The van der Waals surface area contributed by atoms with E-state index in [1.165, 1.54) is 135 Å². The molecule has 0 aliphatic rings. The molecule has 0 heterocycles. The van der Waals surface area contributed by atoms with E-state index in [2.05, 4.69) is 116 Å². The van der Waals surface area contributed by atoms with Gasteiger partial charge in [0.05, 0.1) is 18.8 Å². The van der Waals surface area contributed by atoms with E-state index in [0.29, 0.717) is 6.42 Å². The lowest BCUT2D eigenvalue weighted by atomic mass is 10.0. The minimum atomic E-state index is -0.882. The minimum Gasteiger partial charge on any atom is -0.394 e. The molecule has 4 heteroatoms. The molecule has 2 unspecified atom stereocenters. The Bertz CT molecular complexity index is 1230. The zero-order valence-electron chi connectivity index (χ0n) is 42.0. The Morgan fingerprint density at radius 3 is 1.09 bits per heavy atom. The quantitative estimate of drug-likeness (QED) is 0.0421. The second-order valence-electron chi connectivity index (χ2n) is 17.9. The molecular formula is C60H103NO3. The van der Waals surface area contributed by atoms with Crippen molar-refractivity contribution in [2.75, 3.05) is 6.61 Å². The largest absolute Gasteiger partial charge is 0.394 e. The Labute approximate surface area is 397 Å². The fourth-order valence-electron chi connectivity index (χ4n) is 7.63.